The molecule has 1 aliphatic carbocycles. The van der Waals surface area contributed by atoms with Crippen LogP contribution in [0.5, 0.6) is 5.75 Å². The first kappa shape index (κ1) is 26.3. The minimum absolute atomic E-state index is 0.293. The minimum Gasteiger partial charge on any atom is -0.497 e. The fourth-order valence-corrected chi connectivity index (χ4v) is 7.35. The Morgan fingerprint density at radius 1 is 1.14 bits per heavy atom. The van der Waals surface area contributed by atoms with E-state index in [2.05, 4.69) is 33.8 Å². The van der Waals surface area contributed by atoms with Crippen molar-refractivity contribution in [2.24, 2.45) is 11.8 Å². The fourth-order valence-electron chi connectivity index (χ4n) is 6.05. The van der Waals surface area contributed by atoms with Crippen LogP contribution in [0.1, 0.15) is 69.8 Å². The second-order valence-electron chi connectivity index (χ2n) is 10.4. The fraction of sp³-hybridized carbons (Fsp3) is 0.655. The molecule has 0 radical (unpaired) electrons. The summed E-state index contributed by atoms with van der Waals surface area (Å²) in [6.45, 7) is 3.40. The summed E-state index contributed by atoms with van der Waals surface area (Å²) in [6, 6.07) is 8.22. The second-order valence-corrected chi connectivity index (χ2v) is 11.8. The van der Waals surface area contributed by atoms with Crippen LogP contribution >= 0.6 is 11.8 Å². The molecule has 1 aromatic carbocycles. The number of piperidine rings is 1. The number of thioether (sulfide) groups is 1. The highest BCUT2D eigenvalue weighted by Crippen LogP contribution is 2.33. The van der Waals surface area contributed by atoms with Crippen molar-refractivity contribution in [1.82, 2.24) is 9.88 Å². The van der Waals surface area contributed by atoms with Gasteiger partial charge < -0.3 is 14.7 Å². The zero-order chi connectivity index (χ0) is 24.5. The molecule has 2 heterocycles. The normalized spacial score (nSPS) is 21.5. The first-order valence-electron chi connectivity index (χ1n) is 13.6. The van der Waals surface area contributed by atoms with E-state index in [1.807, 2.05) is 18.3 Å². The van der Waals surface area contributed by atoms with E-state index in [-0.39, 0.29) is 0 Å². The Morgan fingerprint density at radius 2 is 2.00 bits per heavy atom. The van der Waals surface area contributed by atoms with Gasteiger partial charge in [0.25, 0.3) is 0 Å². The number of hydrogen-bond acceptors (Lipinski definition) is 5. The van der Waals surface area contributed by atoms with Crippen LogP contribution in [0.2, 0.25) is 0 Å². The zero-order valence-corrected chi connectivity index (χ0v) is 22.1. The predicted octanol–water partition coefficient (Wildman–Crippen LogP) is 6.43. The number of methoxy groups -OCH3 is 1. The summed E-state index contributed by atoms with van der Waals surface area (Å²) >= 11 is 2.18. The van der Waals surface area contributed by atoms with Crippen LogP contribution in [0, 0.1) is 11.8 Å². The number of aryl methyl sites for hydroxylation is 1. The number of fused-ring (bicyclic) bond motifs is 1. The lowest BCUT2D eigenvalue weighted by atomic mass is 9.79. The average Bonchev–Trinajstić information content (AvgIpc) is 3.39. The highest BCUT2D eigenvalue weighted by molar-refractivity contribution is 7.99. The van der Waals surface area contributed by atoms with E-state index in [9.17, 15) is 9.90 Å². The minimum atomic E-state index is -0.661. The Labute approximate surface area is 215 Å². The van der Waals surface area contributed by atoms with E-state index in [1.165, 1.54) is 68.2 Å². The summed E-state index contributed by atoms with van der Waals surface area (Å²) in [6.07, 6.45) is 14.5. The van der Waals surface area contributed by atoms with Crippen molar-refractivity contribution in [3.63, 3.8) is 0 Å². The molecule has 5 nitrogen and oxygen atoms in total. The largest absolute Gasteiger partial charge is 0.497 e. The van der Waals surface area contributed by atoms with Gasteiger partial charge in [-0.2, -0.15) is 11.8 Å². The van der Waals surface area contributed by atoms with Gasteiger partial charge in [0.2, 0.25) is 0 Å². The van der Waals surface area contributed by atoms with Crippen molar-refractivity contribution in [1.29, 1.82) is 0 Å². The van der Waals surface area contributed by atoms with Gasteiger partial charge in [-0.05, 0) is 112 Å². The van der Waals surface area contributed by atoms with Gasteiger partial charge in [-0.25, -0.2) is 0 Å². The van der Waals surface area contributed by atoms with Crippen LogP contribution in [0.15, 0.2) is 30.5 Å². The maximum absolute atomic E-state index is 11.3. The standard InChI is InChI=1S/C29H42N2O3S/c1-34-25-11-12-28-27(20-25)23(14-16-30-28)7-4-6-22-15-18-31(21-24(22)10-13-29(32)33)17-5-19-35-26-8-2-3-9-26/h11-12,14,16,20,22,24,26H,2-10,13,15,17-19,21H2,1H3,(H,32,33). The molecule has 0 amide bonds. The van der Waals surface area contributed by atoms with E-state index in [1.54, 1.807) is 7.11 Å². The van der Waals surface area contributed by atoms with E-state index in [0.29, 0.717) is 18.3 Å². The number of hydrogen-bond donors (Lipinski definition) is 1. The molecule has 2 aromatic rings. The van der Waals surface area contributed by atoms with Crippen LogP contribution < -0.4 is 4.74 Å². The number of benzene rings is 1. The van der Waals surface area contributed by atoms with Gasteiger partial charge in [-0.3, -0.25) is 9.78 Å². The molecule has 2 fully saturated rings. The number of likely N-dealkylation sites (tertiary alicyclic amines) is 1. The van der Waals surface area contributed by atoms with Crippen LogP contribution in [0.4, 0.5) is 0 Å². The van der Waals surface area contributed by atoms with Gasteiger partial charge in [0.1, 0.15) is 5.75 Å². The van der Waals surface area contributed by atoms with Crippen molar-refractivity contribution < 1.29 is 14.6 Å². The maximum Gasteiger partial charge on any atom is 0.303 e. The molecule has 2 atom stereocenters. The molecule has 4 rings (SSSR count). The Bertz CT molecular complexity index is 947. The number of pyridine rings is 1. The summed E-state index contributed by atoms with van der Waals surface area (Å²) in [5.41, 5.74) is 2.34. The molecule has 0 bridgehead atoms. The monoisotopic (exact) mass is 498 g/mol. The van der Waals surface area contributed by atoms with E-state index >= 15 is 0 Å². The molecular weight excluding hydrogens is 456 g/mol. The highest BCUT2D eigenvalue weighted by Gasteiger charge is 2.29. The Balaban J connectivity index is 1.27. The molecule has 1 saturated heterocycles. The first-order valence-corrected chi connectivity index (χ1v) is 14.6. The van der Waals surface area contributed by atoms with Crippen molar-refractivity contribution in [3.8, 4) is 5.75 Å². The van der Waals surface area contributed by atoms with E-state index in [0.717, 1.165) is 48.9 Å². The van der Waals surface area contributed by atoms with E-state index in [4.69, 9.17) is 4.74 Å². The molecule has 6 heteroatoms. The Kier molecular flexibility index (Phi) is 10.1. The smallest absolute Gasteiger partial charge is 0.303 e. The SMILES string of the molecule is COc1ccc2nccc(CCCC3CCN(CCCSC4CCCC4)CC3CCC(=O)O)c2c1. The van der Waals surface area contributed by atoms with Gasteiger partial charge in [0, 0.05) is 29.8 Å². The molecule has 2 aliphatic rings. The number of carboxylic acids is 1. The van der Waals surface area contributed by atoms with Crippen LogP contribution in [0.3, 0.4) is 0 Å². The highest BCUT2D eigenvalue weighted by atomic mass is 32.2. The van der Waals surface area contributed by atoms with Crippen LogP contribution in [0.25, 0.3) is 10.9 Å². The molecule has 35 heavy (non-hydrogen) atoms. The van der Waals surface area contributed by atoms with Crippen molar-refractivity contribution in [2.75, 3.05) is 32.5 Å². The van der Waals surface area contributed by atoms with Crippen molar-refractivity contribution in [2.45, 2.75) is 75.9 Å². The number of aromatic nitrogens is 1. The molecule has 2 unspecified atom stereocenters. The Morgan fingerprint density at radius 3 is 2.80 bits per heavy atom. The summed E-state index contributed by atoms with van der Waals surface area (Å²) in [7, 11) is 1.70. The number of carbonyl (C=O) groups is 1. The number of rotatable bonds is 13. The topological polar surface area (TPSA) is 62.7 Å². The third kappa shape index (κ3) is 7.85. The zero-order valence-electron chi connectivity index (χ0n) is 21.3. The average molecular weight is 499 g/mol. The third-order valence-electron chi connectivity index (χ3n) is 8.04. The van der Waals surface area contributed by atoms with Crippen molar-refractivity contribution >= 4 is 28.6 Å². The number of carboxylic acid groups (broad SMARTS) is 1. The van der Waals surface area contributed by atoms with Crippen molar-refractivity contribution in [3.05, 3.63) is 36.0 Å². The van der Waals surface area contributed by atoms with Gasteiger partial charge in [0.15, 0.2) is 0 Å². The van der Waals surface area contributed by atoms with E-state index < -0.39 is 5.97 Å². The lowest BCUT2D eigenvalue weighted by Crippen LogP contribution is -2.41. The maximum atomic E-state index is 11.3. The molecule has 1 aliphatic heterocycles. The third-order valence-corrected chi connectivity index (χ3v) is 9.51. The summed E-state index contributed by atoms with van der Waals surface area (Å²) < 4.78 is 5.43. The number of ether oxygens (including phenoxy) is 1. The van der Waals surface area contributed by atoms with Gasteiger partial charge in [-0.15, -0.1) is 0 Å². The van der Waals surface area contributed by atoms with Gasteiger partial charge >= 0.3 is 5.97 Å². The van der Waals surface area contributed by atoms with Crippen LogP contribution in [-0.4, -0.2) is 58.7 Å². The molecule has 1 saturated carbocycles. The molecule has 0 spiro atoms. The summed E-state index contributed by atoms with van der Waals surface area (Å²) in [5, 5.41) is 11.4. The van der Waals surface area contributed by atoms with Gasteiger partial charge in [0.05, 0.1) is 12.6 Å². The quantitative estimate of drug-likeness (QED) is 0.321. The second kappa shape index (κ2) is 13.5. The predicted molar refractivity (Wildman–Crippen MR) is 145 cm³/mol. The first-order chi connectivity index (χ1) is 17.1. The summed E-state index contributed by atoms with van der Waals surface area (Å²) in [5.74, 6) is 2.60. The molecule has 192 valence electrons. The number of nitrogens with zero attached hydrogens (tertiary/aromatic N) is 2. The van der Waals surface area contributed by atoms with Gasteiger partial charge in [-0.1, -0.05) is 12.8 Å². The van der Waals surface area contributed by atoms with Crippen LogP contribution in [-0.2, 0) is 11.2 Å². The lowest BCUT2D eigenvalue weighted by Gasteiger charge is -2.39. The lowest BCUT2D eigenvalue weighted by molar-refractivity contribution is -0.137. The molecule has 1 aromatic heterocycles. The summed E-state index contributed by atoms with van der Waals surface area (Å²) in [4.78, 5) is 18.4. The molecule has 1 N–H and O–H groups in total. The molecular formula is C29H42N2O3S. The Hall–Kier alpha value is -1.79. The number of aliphatic carboxylic acids is 1.